The monoisotopic (exact) mass is 277 g/mol. The normalized spacial score (nSPS) is 10.9. The maximum absolute atomic E-state index is 4.65. The number of aryl methyl sites for hydroxylation is 3. The molecule has 0 bridgehead atoms. The third-order valence-corrected chi connectivity index (χ3v) is 3.60. The molecule has 0 saturated heterocycles. The number of unbranched alkanes of at least 4 members (excludes halogenated alkanes) is 6. The lowest BCUT2D eigenvalue weighted by molar-refractivity contribution is 0.622. The Bertz CT molecular complexity index is 333. The molecule has 1 aromatic rings. The van der Waals surface area contributed by atoms with Gasteiger partial charge >= 0.3 is 0 Å². The number of hydrogen-bond acceptors (Lipinski definition) is 3. The van der Waals surface area contributed by atoms with Crippen molar-refractivity contribution in [2.75, 3.05) is 0 Å². The first kappa shape index (κ1) is 17.1. The standard InChI is InChI=1S/C17H31N3/c1-4-7-9-11-13-16-18-15(6-3)19-17(20-16)14-12-10-8-5-2/h4-14H2,1-3H3. The maximum atomic E-state index is 4.65. The maximum Gasteiger partial charge on any atom is 0.132 e. The summed E-state index contributed by atoms with van der Waals surface area (Å²) >= 11 is 0. The van der Waals surface area contributed by atoms with E-state index in [4.69, 9.17) is 0 Å². The number of hydrogen-bond donors (Lipinski definition) is 0. The third-order valence-electron chi connectivity index (χ3n) is 3.60. The molecule has 114 valence electrons. The van der Waals surface area contributed by atoms with E-state index in [-0.39, 0.29) is 0 Å². The van der Waals surface area contributed by atoms with Crippen molar-refractivity contribution in [2.24, 2.45) is 0 Å². The van der Waals surface area contributed by atoms with Crippen molar-refractivity contribution in [1.29, 1.82) is 0 Å². The smallest absolute Gasteiger partial charge is 0.132 e. The molecular formula is C17H31N3. The lowest BCUT2D eigenvalue weighted by atomic mass is 10.1. The zero-order valence-corrected chi connectivity index (χ0v) is 13.6. The number of nitrogens with zero attached hydrogens (tertiary/aromatic N) is 3. The van der Waals surface area contributed by atoms with Crippen LogP contribution in [0.3, 0.4) is 0 Å². The van der Waals surface area contributed by atoms with Crippen LogP contribution < -0.4 is 0 Å². The topological polar surface area (TPSA) is 38.7 Å². The Morgan fingerprint density at radius 2 is 1.00 bits per heavy atom. The van der Waals surface area contributed by atoms with Crippen LogP contribution in [0.15, 0.2) is 0 Å². The highest BCUT2D eigenvalue weighted by atomic mass is 15.0. The molecule has 0 N–H and O–H groups in total. The van der Waals surface area contributed by atoms with Crippen molar-refractivity contribution < 1.29 is 0 Å². The average molecular weight is 277 g/mol. The zero-order valence-electron chi connectivity index (χ0n) is 13.6. The summed E-state index contributed by atoms with van der Waals surface area (Å²) in [4.78, 5) is 13.8. The van der Waals surface area contributed by atoms with Gasteiger partial charge in [0.25, 0.3) is 0 Å². The van der Waals surface area contributed by atoms with Crippen LogP contribution in [-0.2, 0) is 19.3 Å². The first-order chi connectivity index (χ1) is 9.80. The van der Waals surface area contributed by atoms with Crippen LogP contribution in [-0.4, -0.2) is 15.0 Å². The van der Waals surface area contributed by atoms with E-state index >= 15 is 0 Å². The zero-order chi connectivity index (χ0) is 14.6. The lowest BCUT2D eigenvalue weighted by Gasteiger charge is -2.06. The molecular weight excluding hydrogens is 246 g/mol. The quantitative estimate of drug-likeness (QED) is 0.551. The van der Waals surface area contributed by atoms with Gasteiger partial charge in [-0.1, -0.05) is 59.3 Å². The molecule has 0 aliphatic carbocycles. The first-order valence-corrected chi connectivity index (χ1v) is 8.52. The summed E-state index contributed by atoms with van der Waals surface area (Å²) in [6, 6.07) is 0. The second-order valence-corrected chi connectivity index (χ2v) is 5.56. The molecule has 0 aliphatic heterocycles. The van der Waals surface area contributed by atoms with Gasteiger partial charge in [0.1, 0.15) is 17.5 Å². The Hall–Kier alpha value is -0.990. The van der Waals surface area contributed by atoms with E-state index in [9.17, 15) is 0 Å². The predicted molar refractivity (Wildman–Crippen MR) is 84.9 cm³/mol. The van der Waals surface area contributed by atoms with Crippen LogP contribution in [0.2, 0.25) is 0 Å². The van der Waals surface area contributed by atoms with Crippen molar-refractivity contribution in [3.8, 4) is 0 Å². The van der Waals surface area contributed by atoms with E-state index in [0.717, 1.165) is 36.7 Å². The minimum atomic E-state index is 0.909. The molecule has 0 unspecified atom stereocenters. The summed E-state index contributed by atoms with van der Waals surface area (Å²) in [5, 5.41) is 0. The molecule has 0 aliphatic rings. The Labute approximate surface area is 124 Å². The van der Waals surface area contributed by atoms with Crippen molar-refractivity contribution in [2.45, 2.75) is 91.4 Å². The van der Waals surface area contributed by atoms with Gasteiger partial charge in [-0.2, -0.15) is 0 Å². The summed E-state index contributed by atoms with van der Waals surface area (Å²) in [5.41, 5.74) is 0. The van der Waals surface area contributed by atoms with E-state index < -0.39 is 0 Å². The lowest BCUT2D eigenvalue weighted by Crippen LogP contribution is -2.07. The van der Waals surface area contributed by atoms with Crippen LogP contribution >= 0.6 is 0 Å². The molecule has 3 nitrogen and oxygen atoms in total. The summed E-state index contributed by atoms with van der Waals surface area (Å²) in [7, 11) is 0. The number of aromatic nitrogens is 3. The summed E-state index contributed by atoms with van der Waals surface area (Å²) in [6.45, 7) is 6.61. The highest BCUT2D eigenvalue weighted by Gasteiger charge is 2.05. The minimum Gasteiger partial charge on any atom is -0.218 e. The molecule has 1 aromatic heterocycles. The molecule has 0 atom stereocenters. The van der Waals surface area contributed by atoms with Gasteiger partial charge in [-0.05, 0) is 12.8 Å². The molecule has 3 heteroatoms. The van der Waals surface area contributed by atoms with Crippen molar-refractivity contribution in [3.05, 3.63) is 17.5 Å². The fourth-order valence-electron chi connectivity index (χ4n) is 2.32. The molecule has 1 rings (SSSR count). The van der Waals surface area contributed by atoms with Crippen molar-refractivity contribution in [3.63, 3.8) is 0 Å². The molecule has 20 heavy (non-hydrogen) atoms. The second kappa shape index (κ2) is 10.8. The van der Waals surface area contributed by atoms with Gasteiger partial charge in [-0.3, -0.25) is 0 Å². The fourth-order valence-corrected chi connectivity index (χ4v) is 2.32. The van der Waals surface area contributed by atoms with E-state index in [1.807, 2.05) is 0 Å². The van der Waals surface area contributed by atoms with E-state index in [1.54, 1.807) is 0 Å². The Morgan fingerprint density at radius 3 is 1.40 bits per heavy atom. The van der Waals surface area contributed by atoms with Gasteiger partial charge < -0.3 is 0 Å². The van der Waals surface area contributed by atoms with Gasteiger partial charge in [0, 0.05) is 19.3 Å². The molecule has 0 aromatic carbocycles. The highest BCUT2D eigenvalue weighted by molar-refractivity contribution is 4.98. The van der Waals surface area contributed by atoms with Crippen LogP contribution in [0.25, 0.3) is 0 Å². The van der Waals surface area contributed by atoms with E-state index in [2.05, 4.69) is 35.7 Å². The van der Waals surface area contributed by atoms with Crippen molar-refractivity contribution >= 4 is 0 Å². The summed E-state index contributed by atoms with van der Waals surface area (Å²) in [6.07, 6.45) is 13.1. The third kappa shape index (κ3) is 6.97. The van der Waals surface area contributed by atoms with Gasteiger partial charge in [-0.15, -0.1) is 0 Å². The molecule has 0 amide bonds. The van der Waals surface area contributed by atoms with Gasteiger partial charge in [0.05, 0.1) is 0 Å². The van der Waals surface area contributed by atoms with Gasteiger partial charge in [-0.25, -0.2) is 15.0 Å². The van der Waals surface area contributed by atoms with Crippen LogP contribution in [0.4, 0.5) is 0 Å². The minimum absolute atomic E-state index is 0.909. The Kier molecular flexibility index (Phi) is 9.18. The van der Waals surface area contributed by atoms with Crippen molar-refractivity contribution in [1.82, 2.24) is 15.0 Å². The van der Waals surface area contributed by atoms with Gasteiger partial charge in [0.15, 0.2) is 0 Å². The summed E-state index contributed by atoms with van der Waals surface area (Å²) in [5.74, 6) is 2.99. The Balaban J connectivity index is 2.51. The van der Waals surface area contributed by atoms with E-state index in [0.29, 0.717) is 0 Å². The molecule has 1 heterocycles. The Morgan fingerprint density at radius 1 is 0.550 bits per heavy atom. The second-order valence-electron chi connectivity index (χ2n) is 5.56. The summed E-state index contributed by atoms with van der Waals surface area (Å²) < 4.78 is 0. The SMILES string of the molecule is CCCCCCc1nc(CC)nc(CCCCCC)n1. The van der Waals surface area contributed by atoms with Crippen LogP contribution in [0, 0.1) is 0 Å². The average Bonchev–Trinajstić information content (AvgIpc) is 2.48. The molecule has 0 spiro atoms. The van der Waals surface area contributed by atoms with Crippen LogP contribution in [0.1, 0.15) is 89.6 Å². The van der Waals surface area contributed by atoms with Gasteiger partial charge in [0.2, 0.25) is 0 Å². The van der Waals surface area contributed by atoms with Crippen LogP contribution in [0.5, 0.6) is 0 Å². The number of rotatable bonds is 11. The molecule has 0 saturated carbocycles. The molecule has 0 radical (unpaired) electrons. The largest absolute Gasteiger partial charge is 0.218 e. The fraction of sp³-hybridized carbons (Fsp3) is 0.824. The van der Waals surface area contributed by atoms with E-state index in [1.165, 1.54) is 51.4 Å². The first-order valence-electron chi connectivity index (χ1n) is 8.52. The predicted octanol–water partition coefficient (Wildman–Crippen LogP) is 4.68. The highest BCUT2D eigenvalue weighted by Crippen LogP contribution is 2.08. The molecule has 0 fully saturated rings.